The summed E-state index contributed by atoms with van der Waals surface area (Å²) in [7, 11) is -3.98. The molecule has 2 amide bonds. The number of anilines is 2. The number of nitrogens with one attached hydrogen (secondary N) is 2. The number of ether oxygens (including phenoxy) is 1. The lowest BCUT2D eigenvalue weighted by molar-refractivity contribution is -0.119. The third-order valence-corrected chi connectivity index (χ3v) is 7.55. The quantitative estimate of drug-likeness (QED) is 0.646. The molecule has 1 aromatic carbocycles. The minimum Gasteiger partial charge on any atom is -0.484 e. The summed E-state index contributed by atoms with van der Waals surface area (Å²) < 4.78 is 33.9. The van der Waals surface area contributed by atoms with E-state index in [1.165, 1.54) is 29.4 Å². The van der Waals surface area contributed by atoms with Gasteiger partial charge in [0.05, 0.1) is 29.5 Å². The summed E-state index contributed by atoms with van der Waals surface area (Å²) >= 11 is 1.06. The third-order valence-electron chi connectivity index (χ3n) is 4.11. The number of rotatable bonds is 5. The van der Waals surface area contributed by atoms with Gasteiger partial charge in [-0.25, -0.2) is 18.2 Å². The highest BCUT2D eigenvalue weighted by Crippen LogP contribution is 2.40. The van der Waals surface area contributed by atoms with Gasteiger partial charge in [0.2, 0.25) is 5.91 Å². The van der Waals surface area contributed by atoms with Crippen LogP contribution in [0.4, 0.5) is 16.2 Å². The van der Waals surface area contributed by atoms with Gasteiger partial charge in [-0.2, -0.15) is 0 Å². The first-order chi connectivity index (χ1) is 13.6. The average Bonchev–Trinajstić information content (AvgIpc) is 2.97. The molecule has 2 aromatic rings. The van der Waals surface area contributed by atoms with Crippen LogP contribution < -0.4 is 19.7 Å². The fourth-order valence-electron chi connectivity index (χ4n) is 2.96. The Morgan fingerprint density at radius 3 is 2.69 bits per heavy atom. The normalized spacial score (nSPS) is 16.0. The molecule has 3 N–H and O–H groups in total. The van der Waals surface area contributed by atoms with Crippen LogP contribution in [0.15, 0.2) is 22.4 Å². The highest BCUT2D eigenvalue weighted by atomic mass is 32.2. The summed E-state index contributed by atoms with van der Waals surface area (Å²) in [5.74, 6) is 0.00809. The van der Waals surface area contributed by atoms with Crippen molar-refractivity contribution in [1.82, 2.24) is 10.3 Å². The van der Waals surface area contributed by atoms with E-state index in [-0.39, 0.29) is 40.3 Å². The van der Waals surface area contributed by atoms with Crippen LogP contribution in [0.25, 0.3) is 0 Å². The van der Waals surface area contributed by atoms with Gasteiger partial charge in [-0.3, -0.25) is 14.4 Å². The molecule has 0 saturated carbocycles. The van der Waals surface area contributed by atoms with Crippen molar-refractivity contribution in [3.63, 3.8) is 0 Å². The maximum absolute atomic E-state index is 13.4. The standard InChI is InChI=1S/C17H20N4O6S2/c1-9-16(28-11(3)19-9)29(25,26)21-8-13(7-18-10(2)22)27-15-5-4-12(6-14(15)21)20-17(23)24/h4-6,13,20H,7-8H2,1-3H3,(H,18,22)(H,23,24). The number of hydrogen-bond donors (Lipinski definition) is 3. The van der Waals surface area contributed by atoms with Gasteiger partial charge in [0, 0.05) is 12.6 Å². The Bertz CT molecular complexity index is 1070. The maximum atomic E-state index is 13.4. The number of sulfonamides is 1. The Hall–Kier alpha value is -2.86. The van der Waals surface area contributed by atoms with Crippen LogP contribution in [0.2, 0.25) is 0 Å². The summed E-state index contributed by atoms with van der Waals surface area (Å²) in [6.45, 7) is 4.77. The number of nitrogens with zero attached hydrogens (tertiary/aromatic N) is 2. The highest BCUT2D eigenvalue weighted by Gasteiger charge is 2.37. The number of thiazole rings is 1. The van der Waals surface area contributed by atoms with Crippen LogP contribution in [0.5, 0.6) is 5.75 Å². The predicted molar refractivity (Wildman–Crippen MR) is 107 cm³/mol. The van der Waals surface area contributed by atoms with E-state index in [0.717, 1.165) is 11.3 Å². The van der Waals surface area contributed by atoms with E-state index >= 15 is 0 Å². The summed E-state index contributed by atoms with van der Waals surface area (Å²) in [6.07, 6.45) is -1.89. The van der Waals surface area contributed by atoms with Crippen LogP contribution in [-0.2, 0) is 14.8 Å². The molecule has 10 nitrogen and oxygen atoms in total. The second-order valence-corrected chi connectivity index (χ2v) is 9.69. The number of fused-ring (bicyclic) bond motifs is 1. The number of aryl methyl sites for hydroxylation is 2. The summed E-state index contributed by atoms with van der Waals surface area (Å²) in [4.78, 5) is 26.4. The van der Waals surface area contributed by atoms with Crippen LogP contribution >= 0.6 is 11.3 Å². The van der Waals surface area contributed by atoms with E-state index in [1.807, 2.05) is 0 Å². The van der Waals surface area contributed by atoms with Crippen molar-refractivity contribution in [2.24, 2.45) is 0 Å². The molecule has 0 aliphatic carbocycles. The van der Waals surface area contributed by atoms with Crippen molar-refractivity contribution >= 4 is 44.7 Å². The van der Waals surface area contributed by atoms with E-state index in [2.05, 4.69) is 15.6 Å². The molecule has 1 aliphatic rings. The van der Waals surface area contributed by atoms with Crippen molar-refractivity contribution in [1.29, 1.82) is 0 Å². The highest BCUT2D eigenvalue weighted by molar-refractivity contribution is 7.94. The average molecular weight is 441 g/mol. The smallest absolute Gasteiger partial charge is 0.409 e. The van der Waals surface area contributed by atoms with Crippen molar-refractivity contribution < 1.29 is 27.9 Å². The molecule has 0 radical (unpaired) electrons. The number of aromatic nitrogens is 1. The van der Waals surface area contributed by atoms with Crippen LogP contribution in [0.3, 0.4) is 0 Å². The van der Waals surface area contributed by atoms with E-state index in [1.54, 1.807) is 13.8 Å². The molecule has 0 spiro atoms. The van der Waals surface area contributed by atoms with Crippen molar-refractivity contribution in [3.8, 4) is 5.75 Å². The Kier molecular flexibility index (Phi) is 5.66. The first-order valence-corrected chi connectivity index (χ1v) is 10.9. The summed E-state index contributed by atoms with van der Waals surface area (Å²) in [6, 6.07) is 4.37. The minimum atomic E-state index is -3.98. The molecule has 1 aromatic heterocycles. The van der Waals surface area contributed by atoms with Gasteiger partial charge in [0.25, 0.3) is 10.0 Å². The fourth-order valence-corrected chi connectivity index (χ4v) is 6.04. The largest absolute Gasteiger partial charge is 0.484 e. The molecule has 12 heteroatoms. The first kappa shape index (κ1) is 20.9. The first-order valence-electron chi connectivity index (χ1n) is 8.60. The fraction of sp³-hybridized carbons (Fsp3) is 0.353. The lowest BCUT2D eigenvalue weighted by Crippen LogP contribution is -2.48. The van der Waals surface area contributed by atoms with Gasteiger partial charge < -0.3 is 15.2 Å². The number of hydrogen-bond acceptors (Lipinski definition) is 7. The van der Waals surface area contributed by atoms with E-state index in [9.17, 15) is 18.0 Å². The number of carbonyl (C=O) groups is 2. The van der Waals surface area contributed by atoms with Gasteiger partial charge >= 0.3 is 6.09 Å². The second-order valence-electron chi connectivity index (χ2n) is 6.43. The zero-order valence-electron chi connectivity index (χ0n) is 15.9. The predicted octanol–water partition coefficient (Wildman–Crippen LogP) is 1.94. The molecule has 1 aliphatic heterocycles. The molecule has 0 saturated heterocycles. The maximum Gasteiger partial charge on any atom is 0.409 e. The molecule has 0 bridgehead atoms. The number of amides is 2. The minimum absolute atomic E-state index is 0.0530. The Balaban J connectivity index is 2.06. The lowest BCUT2D eigenvalue weighted by Gasteiger charge is -2.35. The second kappa shape index (κ2) is 7.87. The Morgan fingerprint density at radius 2 is 2.10 bits per heavy atom. The number of benzene rings is 1. The molecule has 0 fully saturated rings. The van der Waals surface area contributed by atoms with Gasteiger partial charge in [-0.05, 0) is 32.0 Å². The molecular formula is C17H20N4O6S2. The van der Waals surface area contributed by atoms with E-state index < -0.39 is 22.2 Å². The zero-order valence-corrected chi connectivity index (χ0v) is 17.6. The lowest BCUT2D eigenvalue weighted by atomic mass is 10.2. The molecule has 3 rings (SSSR count). The molecule has 1 atom stereocenters. The number of carboxylic acid groups (broad SMARTS) is 1. The number of carbonyl (C=O) groups excluding carboxylic acids is 1. The van der Waals surface area contributed by atoms with Crippen LogP contribution in [-0.4, -0.2) is 49.7 Å². The van der Waals surface area contributed by atoms with Crippen molar-refractivity contribution in [3.05, 3.63) is 28.9 Å². The van der Waals surface area contributed by atoms with Crippen molar-refractivity contribution in [2.75, 3.05) is 22.7 Å². The Morgan fingerprint density at radius 1 is 1.38 bits per heavy atom. The molecule has 156 valence electrons. The van der Waals surface area contributed by atoms with E-state index in [0.29, 0.717) is 10.7 Å². The van der Waals surface area contributed by atoms with Crippen molar-refractivity contribution in [2.45, 2.75) is 31.1 Å². The van der Waals surface area contributed by atoms with Gasteiger partial charge in [0.1, 0.15) is 11.9 Å². The molecule has 29 heavy (non-hydrogen) atoms. The SMILES string of the molecule is CC(=O)NCC1CN(S(=O)(=O)c2sc(C)nc2C)c2cc(NC(=O)O)ccc2O1. The summed E-state index contributed by atoms with van der Waals surface area (Å²) in [5.41, 5.74) is 0.803. The van der Waals surface area contributed by atoms with Crippen LogP contribution in [0.1, 0.15) is 17.6 Å². The van der Waals surface area contributed by atoms with Gasteiger partial charge in [-0.1, -0.05) is 0 Å². The van der Waals surface area contributed by atoms with Crippen LogP contribution in [0, 0.1) is 13.8 Å². The molecular weight excluding hydrogens is 420 g/mol. The molecule has 2 heterocycles. The molecule has 1 unspecified atom stereocenters. The monoisotopic (exact) mass is 440 g/mol. The van der Waals surface area contributed by atoms with Gasteiger partial charge in [-0.15, -0.1) is 11.3 Å². The topological polar surface area (TPSA) is 138 Å². The van der Waals surface area contributed by atoms with E-state index in [4.69, 9.17) is 9.84 Å². The summed E-state index contributed by atoms with van der Waals surface area (Å²) in [5, 5.41) is 14.4. The Labute approximate surface area is 171 Å². The van der Waals surface area contributed by atoms with Gasteiger partial charge in [0.15, 0.2) is 4.21 Å². The third kappa shape index (κ3) is 4.43. The zero-order chi connectivity index (χ0) is 21.3.